The monoisotopic (exact) mass is 338 g/mol. The van der Waals surface area contributed by atoms with Gasteiger partial charge in [0.2, 0.25) is 0 Å². The predicted molar refractivity (Wildman–Crippen MR) is 93.1 cm³/mol. The van der Waals surface area contributed by atoms with Gasteiger partial charge < -0.3 is 5.32 Å². The highest BCUT2D eigenvalue weighted by atomic mass is 16.2. The van der Waals surface area contributed by atoms with Crippen LogP contribution < -0.4 is 5.32 Å². The van der Waals surface area contributed by atoms with Gasteiger partial charge in [-0.15, -0.1) is 10.2 Å². The van der Waals surface area contributed by atoms with Crippen molar-refractivity contribution in [2.75, 3.05) is 0 Å². The maximum Gasteiger partial charge on any atom is 0.270 e. The summed E-state index contributed by atoms with van der Waals surface area (Å²) >= 11 is 0. The molecule has 1 aliphatic carbocycles. The first-order chi connectivity index (χ1) is 12.1. The molecule has 0 bridgehead atoms. The fourth-order valence-electron chi connectivity index (χ4n) is 3.23. The Kier molecular flexibility index (Phi) is 3.99. The molecule has 25 heavy (non-hydrogen) atoms. The summed E-state index contributed by atoms with van der Waals surface area (Å²) < 4.78 is 3.78. The second kappa shape index (κ2) is 6.31. The highest BCUT2D eigenvalue weighted by Gasteiger charge is 2.28. The van der Waals surface area contributed by atoms with Crippen LogP contribution in [0.1, 0.15) is 61.5 Å². The molecular weight excluding hydrogens is 316 g/mol. The zero-order valence-electron chi connectivity index (χ0n) is 14.5. The van der Waals surface area contributed by atoms with E-state index in [1.54, 1.807) is 12.3 Å². The Hall–Kier alpha value is -2.70. The normalized spacial score (nSPS) is 16.1. The molecule has 3 heterocycles. The number of rotatable bonds is 5. The molecule has 1 saturated carbocycles. The van der Waals surface area contributed by atoms with Gasteiger partial charge in [0.05, 0.1) is 12.1 Å². The minimum absolute atomic E-state index is 0.115. The van der Waals surface area contributed by atoms with Crippen LogP contribution in [0.25, 0.3) is 5.65 Å². The maximum absolute atomic E-state index is 12.9. The van der Waals surface area contributed by atoms with Crippen molar-refractivity contribution in [1.29, 1.82) is 0 Å². The molecule has 3 aromatic rings. The number of nitrogens with one attached hydrogen (secondary N) is 1. The number of aromatic nitrogens is 5. The largest absolute Gasteiger partial charge is 0.340 e. The van der Waals surface area contributed by atoms with E-state index >= 15 is 0 Å². The summed E-state index contributed by atoms with van der Waals surface area (Å²) in [5, 5.41) is 16.0. The first kappa shape index (κ1) is 15.8. The van der Waals surface area contributed by atoms with Gasteiger partial charge in [-0.2, -0.15) is 5.10 Å². The molecule has 1 N–H and O–H groups in total. The Balaban J connectivity index is 1.62. The molecule has 1 aliphatic rings. The third-order valence-electron chi connectivity index (χ3n) is 4.90. The molecule has 3 aromatic heterocycles. The lowest BCUT2D eigenvalue weighted by Crippen LogP contribution is -2.35. The quantitative estimate of drug-likeness (QED) is 0.776. The molecule has 1 fully saturated rings. The standard InChI is InChI=1S/C18H22N6O/c1-12(2)16(17-22-21-15-8-3-4-11-23(15)17)20-18(25)14-9-10-19-24(14)13-6-5-7-13/h3-4,8-13,16H,5-7H2,1-2H3,(H,20,25). The fourth-order valence-corrected chi connectivity index (χ4v) is 3.23. The van der Waals surface area contributed by atoms with Crippen LogP contribution in [0.5, 0.6) is 0 Å². The van der Waals surface area contributed by atoms with Crippen LogP contribution in [0.15, 0.2) is 36.7 Å². The summed E-state index contributed by atoms with van der Waals surface area (Å²) in [4.78, 5) is 12.9. The second-order valence-electron chi connectivity index (χ2n) is 6.93. The molecule has 1 atom stereocenters. The highest BCUT2D eigenvalue weighted by Crippen LogP contribution is 2.32. The molecule has 0 radical (unpaired) electrons. The number of carbonyl (C=O) groups excluding carboxylic acids is 1. The Morgan fingerprint density at radius 3 is 2.80 bits per heavy atom. The Morgan fingerprint density at radius 1 is 1.24 bits per heavy atom. The van der Waals surface area contributed by atoms with Gasteiger partial charge in [0.1, 0.15) is 5.69 Å². The van der Waals surface area contributed by atoms with Crippen molar-refractivity contribution < 1.29 is 4.79 Å². The van der Waals surface area contributed by atoms with Gasteiger partial charge in [-0.05, 0) is 43.4 Å². The van der Waals surface area contributed by atoms with Crippen LogP contribution in [0.3, 0.4) is 0 Å². The lowest BCUT2D eigenvalue weighted by molar-refractivity contribution is 0.0904. The molecule has 7 heteroatoms. The number of nitrogens with zero attached hydrogens (tertiary/aromatic N) is 5. The number of carbonyl (C=O) groups is 1. The minimum atomic E-state index is -0.227. The molecule has 0 aliphatic heterocycles. The first-order valence-electron chi connectivity index (χ1n) is 8.79. The molecular formula is C18H22N6O. The van der Waals surface area contributed by atoms with Gasteiger partial charge in [0.25, 0.3) is 5.91 Å². The molecule has 4 rings (SSSR count). The van der Waals surface area contributed by atoms with Gasteiger partial charge in [0.15, 0.2) is 11.5 Å². The highest BCUT2D eigenvalue weighted by molar-refractivity contribution is 5.92. The molecule has 7 nitrogen and oxygen atoms in total. The number of hydrogen-bond donors (Lipinski definition) is 1. The summed E-state index contributed by atoms with van der Waals surface area (Å²) in [5.41, 5.74) is 1.39. The topological polar surface area (TPSA) is 77.1 Å². The van der Waals surface area contributed by atoms with Gasteiger partial charge in [-0.1, -0.05) is 19.9 Å². The summed E-state index contributed by atoms with van der Waals surface area (Å²) in [6, 6.07) is 7.67. The van der Waals surface area contributed by atoms with E-state index in [0.29, 0.717) is 11.7 Å². The third-order valence-corrected chi connectivity index (χ3v) is 4.90. The van der Waals surface area contributed by atoms with Crippen molar-refractivity contribution in [1.82, 2.24) is 29.7 Å². The summed E-state index contributed by atoms with van der Waals surface area (Å²) in [5.74, 6) is 0.807. The van der Waals surface area contributed by atoms with E-state index in [4.69, 9.17) is 0 Å². The van der Waals surface area contributed by atoms with E-state index in [-0.39, 0.29) is 17.9 Å². The molecule has 0 saturated heterocycles. The second-order valence-corrected chi connectivity index (χ2v) is 6.93. The van der Waals surface area contributed by atoms with Crippen LogP contribution in [0.2, 0.25) is 0 Å². The van der Waals surface area contributed by atoms with E-state index in [2.05, 4.69) is 34.5 Å². The van der Waals surface area contributed by atoms with Crippen LogP contribution in [0, 0.1) is 5.92 Å². The van der Waals surface area contributed by atoms with Gasteiger partial charge in [-0.25, -0.2) is 0 Å². The van der Waals surface area contributed by atoms with Crippen molar-refractivity contribution in [2.45, 2.75) is 45.2 Å². The van der Waals surface area contributed by atoms with Crippen molar-refractivity contribution in [3.05, 3.63) is 48.2 Å². The molecule has 0 aromatic carbocycles. The van der Waals surface area contributed by atoms with Crippen molar-refractivity contribution in [3.8, 4) is 0 Å². The first-order valence-corrected chi connectivity index (χ1v) is 8.79. The average molecular weight is 338 g/mol. The summed E-state index contributed by atoms with van der Waals surface area (Å²) in [6.45, 7) is 4.14. The summed E-state index contributed by atoms with van der Waals surface area (Å²) in [6.07, 6.45) is 7.00. The lowest BCUT2D eigenvalue weighted by atomic mass is 9.93. The van der Waals surface area contributed by atoms with Crippen molar-refractivity contribution in [3.63, 3.8) is 0 Å². The molecule has 1 amide bonds. The smallest absolute Gasteiger partial charge is 0.270 e. The Bertz CT molecular complexity index is 892. The average Bonchev–Trinajstić information content (AvgIpc) is 3.18. The lowest BCUT2D eigenvalue weighted by Gasteiger charge is -2.28. The van der Waals surface area contributed by atoms with Crippen LogP contribution in [-0.2, 0) is 0 Å². The van der Waals surface area contributed by atoms with E-state index in [1.807, 2.05) is 33.5 Å². The van der Waals surface area contributed by atoms with E-state index in [9.17, 15) is 4.79 Å². The maximum atomic E-state index is 12.9. The number of hydrogen-bond acceptors (Lipinski definition) is 4. The number of fused-ring (bicyclic) bond motifs is 1. The van der Waals surface area contributed by atoms with Gasteiger partial charge >= 0.3 is 0 Å². The Labute approximate surface area is 146 Å². The van der Waals surface area contributed by atoms with Crippen molar-refractivity contribution >= 4 is 11.6 Å². The van der Waals surface area contributed by atoms with E-state index in [1.165, 1.54) is 6.42 Å². The van der Waals surface area contributed by atoms with E-state index < -0.39 is 0 Å². The van der Waals surface area contributed by atoms with Crippen LogP contribution in [0.4, 0.5) is 0 Å². The molecule has 1 unspecified atom stereocenters. The van der Waals surface area contributed by atoms with E-state index in [0.717, 1.165) is 24.3 Å². The molecule has 130 valence electrons. The van der Waals surface area contributed by atoms with Gasteiger partial charge in [-0.3, -0.25) is 13.9 Å². The zero-order valence-corrected chi connectivity index (χ0v) is 14.5. The zero-order chi connectivity index (χ0) is 17.4. The van der Waals surface area contributed by atoms with Crippen molar-refractivity contribution in [2.24, 2.45) is 5.92 Å². The van der Waals surface area contributed by atoms with Gasteiger partial charge in [0, 0.05) is 12.4 Å². The fraction of sp³-hybridized carbons (Fsp3) is 0.444. The summed E-state index contributed by atoms with van der Waals surface area (Å²) in [7, 11) is 0. The SMILES string of the molecule is CC(C)C(NC(=O)c1ccnn1C1CCC1)c1nnc2ccccn12. The van der Waals surface area contributed by atoms with Crippen LogP contribution >= 0.6 is 0 Å². The predicted octanol–water partition coefficient (Wildman–Crippen LogP) is 2.78. The minimum Gasteiger partial charge on any atom is -0.340 e. The number of pyridine rings is 1. The number of amides is 1. The Morgan fingerprint density at radius 2 is 2.08 bits per heavy atom. The van der Waals surface area contributed by atoms with Crippen LogP contribution in [-0.4, -0.2) is 30.3 Å². The third kappa shape index (κ3) is 2.79. The molecule has 0 spiro atoms.